The topological polar surface area (TPSA) is 24.9 Å². The van der Waals surface area contributed by atoms with E-state index in [-0.39, 0.29) is 11.9 Å². The van der Waals surface area contributed by atoms with Gasteiger partial charge in [0.1, 0.15) is 5.82 Å². The number of hydrogen-bond acceptors (Lipinski definition) is 2. The molecule has 1 N–H and O–H groups in total. The highest BCUT2D eigenvalue weighted by Crippen LogP contribution is 2.39. The second-order valence-electron chi connectivity index (χ2n) is 4.10. The van der Waals surface area contributed by atoms with Crippen LogP contribution in [0.3, 0.4) is 0 Å². The first kappa shape index (κ1) is 15.1. The smallest absolute Gasteiger partial charge is 0.340 e. The second-order valence-corrected chi connectivity index (χ2v) is 4.10. The molecule has 0 fully saturated rings. The van der Waals surface area contributed by atoms with Crippen LogP contribution in [0.1, 0.15) is 11.1 Å². The number of alkyl halides is 6. The Balaban J connectivity index is 2.46. The van der Waals surface area contributed by atoms with Crippen LogP contribution in [-0.2, 0) is 12.4 Å². The van der Waals surface area contributed by atoms with Crippen molar-refractivity contribution in [3.05, 3.63) is 53.7 Å². The van der Waals surface area contributed by atoms with Gasteiger partial charge in [-0.05, 0) is 30.3 Å². The van der Waals surface area contributed by atoms with Crippen LogP contribution in [0, 0.1) is 0 Å². The van der Waals surface area contributed by atoms with Gasteiger partial charge in [0.2, 0.25) is 0 Å². The van der Waals surface area contributed by atoms with Gasteiger partial charge in [-0.1, -0.05) is 6.07 Å². The van der Waals surface area contributed by atoms with E-state index >= 15 is 0 Å². The lowest BCUT2D eigenvalue weighted by Crippen LogP contribution is -2.13. The fourth-order valence-electron chi connectivity index (χ4n) is 1.64. The van der Waals surface area contributed by atoms with E-state index in [0.717, 1.165) is 6.07 Å². The number of nitrogens with one attached hydrogen (secondary N) is 1. The van der Waals surface area contributed by atoms with E-state index < -0.39 is 29.2 Å². The molecule has 0 spiro atoms. The third-order valence-corrected chi connectivity index (χ3v) is 2.58. The van der Waals surface area contributed by atoms with Crippen LogP contribution < -0.4 is 5.32 Å². The average molecular weight is 306 g/mol. The fourth-order valence-corrected chi connectivity index (χ4v) is 1.64. The zero-order valence-corrected chi connectivity index (χ0v) is 10.3. The highest BCUT2D eigenvalue weighted by atomic mass is 19.4. The molecule has 0 saturated heterocycles. The lowest BCUT2D eigenvalue weighted by Gasteiger charge is -2.16. The molecule has 0 amide bonds. The molecule has 0 atom stereocenters. The predicted octanol–water partition coefficient (Wildman–Crippen LogP) is 4.86. The minimum atomic E-state index is -4.92. The molecule has 2 nitrogen and oxygen atoms in total. The van der Waals surface area contributed by atoms with Gasteiger partial charge in [0, 0.05) is 6.20 Å². The number of pyridine rings is 1. The molecule has 112 valence electrons. The SMILES string of the molecule is FC(F)(F)c1ccc(Nc2ccccn2)c(C(F)(F)F)c1. The molecule has 1 aromatic carbocycles. The fraction of sp³-hybridized carbons (Fsp3) is 0.154. The molecule has 0 bridgehead atoms. The summed E-state index contributed by atoms with van der Waals surface area (Å²) in [5, 5.41) is 2.36. The molecule has 2 aromatic rings. The van der Waals surface area contributed by atoms with E-state index in [2.05, 4.69) is 10.3 Å². The highest BCUT2D eigenvalue weighted by molar-refractivity contribution is 5.62. The molecule has 0 aliphatic heterocycles. The zero-order valence-electron chi connectivity index (χ0n) is 10.3. The van der Waals surface area contributed by atoms with Gasteiger partial charge >= 0.3 is 12.4 Å². The van der Waals surface area contributed by atoms with Crippen molar-refractivity contribution in [2.24, 2.45) is 0 Å². The van der Waals surface area contributed by atoms with Crippen LogP contribution in [0.4, 0.5) is 37.8 Å². The average Bonchev–Trinajstić information content (AvgIpc) is 2.38. The van der Waals surface area contributed by atoms with Crippen molar-refractivity contribution in [1.29, 1.82) is 0 Å². The van der Waals surface area contributed by atoms with E-state index in [1.807, 2.05) is 0 Å². The quantitative estimate of drug-likeness (QED) is 0.801. The maximum atomic E-state index is 12.9. The largest absolute Gasteiger partial charge is 0.418 e. The van der Waals surface area contributed by atoms with Crippen molar-refractivity contribution in [2.45, 2.75) is 12.4 Å². The molecular weight excluding hydrogens is 298 g/mol. The first-order chi connectivity index (χ1) is 9.68. The molecule has 0 radical (unpaired) electrons. The van der Waals surface area contributed by atoms with E-state index in [4.69, 9.17) is 0 Å². The van der Waals surface area contributed by atoms with Crippen molar-refractivity contribution in [3.63, 3.8) is 0 Å². The van der Waals surface area contributed by atoms with Crippen molar-refractivity contribution in [3.8, 4) is 0 Å². The van der Waals surface area contributed by atoms with Crippen LogP contribution in [0.25, 0.3) is 0 Å². The van der Waals surface area contributed by atoms with E-state index in [1.54, 1.807) is 6.07 Å². The number of nitrogens with zero attached hydrogens (tertiary/aromatic N) is 1. The van der Waals surface area contributed by atoms with E-state index in [9.17, 15) is 26.3 Å². The monoisotopic (exact) mass is 306 g/mol. The summed E-state index contributed by atoms with van der Waals surface area (Å²) in [5.74, 6) is 0.0998. The molecule has 1 heterocycles. The summed E-state index contributed by atoms with van der Waals surface area (Å²) in [6, 6.07) is 5.89. The summed E-state index contributed by atoms with van der Waals surface area (Å²) in [6.45, 7) is 0. The number of rotatable bonds is 2. The van der Waals surface area contributed by atoms with Crippen LogP contribution in [0.5, 0.6) is 0 Å². The van der Waals surface area contributed by atoms with Gasteiger partial charge in [-0.2, -0.15) is 26.3 Å². The molecule has 0 unspecified atom stereocenters. The summed E-state index contributed by atoms with van der Waals surface area (Å²) in [5.41, 5.74) is -3.25. The Bertz CT molecular complexity index is 619. The zero-order chi connectivity index (χ0) is 15.7. The highest BCUT2D eigenvalue weighted by Gasteiger charge is 2.38. The summed E-state index contributed by atoms with van der Waals surface area (Å²) < 4.78 is 76.2. The Kier molecular flexibility index (Phi) is 3.80. The Morgan fingerprint density at radius 2 is 1.57 bits per heavy atom. The van der Waals surface area contributed by atoms with Gasteiger partial charge in [0.15, 0.2) is 0 Å². The lowest BCUT2D eigenvalue weighted by molar-refractivity contribution is -0.142. The van der Waals surface area contributed by atoms with Crippen molar-refractivity contribution >= 4 is 11.5 Å². The molecular formula is C13H8F6N2. The molecule has 21 heavy (non-hydrogen) atoms. The first-order valence-electron chi connectivity index (χ1n) is 5.64. The Hall–Kier alpha value is -2.25. The van der Waals surface area contributed by atoms with Crippen LogP contribution in [0.15, 0.2) is 42.6 Å². The van der Waals surface area contributed by atoms with Gasteiger partial charge in [0.25, 0.3) is 0 Å². The maximum Gasteiger partial charge on any atom is 0.418 e. The predicted molar refractivity (Wildman–Crippen MR) is 64.0 cm³/mol. The number of anilines is 2. The third kappa shape index (κ3) is 3.65. The number of hydrogen-bond donors (Lipinski definition) is 1. The molecule has 2 rings (SSSR count). The summed E-state index contributed by atoms with van der Waals surface area (Å²) in [4.78, 5) is 3.77. The first-order valence-corrected chi connectivity index (χ1v) is 5.64. The van der Waals surface area contributed by atoms with Crippen molar-refractivity contribution in [1.82, 2.24) is 4.98 Å². The van der Waals surface area contributed by atoms with Gasteiger partial charge < -0.3 is 5.32 Å². The van der Waals surface area contributed by atoms with Gasteiger partial charge in [-0.25, -0.2) is 4.98 Å². The van der Waals surface area contributed by atoms with Gasteiger partial charge in [-0.15, -0.1) is 0 Å². The maximum absolute atomic E-state index is 12.9. The van der Waals surface area contributed by atoms with Gasteiger partial charge in [0.05, 0.1) is 16.8 Å². The normalized spacial score (nSPS) is 12.3. The molecule has 1 aromatic heterocycles. The molecule has 0 saturated carbocycles. The van der Waals surface area contributed by atoms with Crippen LogP contribution >= 0.6 is 0 Å². The van der Waals surface area contributed by atoms with Crippen molar-refractivity contribution in [2.75, 3.05) is 5.32 Å². The standard InChI is InChI=1S/C13H8F6N2/c14-12(15,16)8-4-5-10(9(7-8)13(17,18)19)21-11-3-1-2-6-20-11/h1-7H,(H,20,21). The van der Waals surface area contributed by atoms with E-state index in [1.165, 1.54) is 18.3 Å². The molecule has 0 aliphatic rings. The summed E-state index contributed by atoms with van der Waals surface area (Å²) in [7, 11) is 0. The minimum absolute atomic E-state index is 0.0747. The second kappa shape index (κ2) is 5.27. The minimum Gasteiger partial charge on any atom is -0.340 e. The Morgan fingerprint density at radius 1 is 0.857 bits per heavy atom. The number of halogens is 6. The Morgan fingerprint density at radius 3 is 2.10 bits per heavy atom. The number of aromatic nitrogens is 1. The van der Waals surface area contributed by atoms with Crippen LogP contribution in [0.2, 0.25) is 0 Å². The number of benzene rings is 1. The van der Waals surface area contributed by atoms with E-state index in [0.29, 0.717) is 6.07 Å². The van der Waals surface area contributed by atoms with Gasteiger partial charge in [-0.3, -0.25) is 0 Å². The summed E-state index contributed by atoms with van der Waals surface area (Å²) >= 11 is 0. The van der Waals surface area contributed by atoms with Crippen molar-refractivity contribution < 1.29 is 26.3 Å². The summed E-state index contributed by atoms with van der Waals surface area (Å²) in [6.07, 6.45) is -8.42. The molecule has 0 aliphatic carbocycles. The van der Waals surface area contributed by atoms with Crippen LogP contribution in [-0.4, -0.2) is 4.98 Å². The third-order valence-electron chi connectivity index (χ3n) is 2.58. The lowest BCUT2D eigenvalue weighted by atomic mass is 10.1. The molecule has 8 heteroatoms. The Labute approximate surface area is 115 Å².